The van der Waals surface area contributed by atoms with E-state index in [1.807, 2.05) is 0 Å². The maximum atomic E-state index is 12.1. The monoisotopic (exact) mass is 600 g/mol. The van der Waals surface area contributed by atoms with Crippen LogP contribution in [0.5, 0.6) is 0 Å². The van der Waals surface area contributed by atoms with Crippen molar-refractivity contribution in [3.05, 3.63) is 0 Å². The fourth-order valence-electron chi connectivity index (χ4n) is 4.92. The topological polar surface area (TPSA) is 89.9 Å². The van der Waals surface area contributed by atoms with Crippen LogP contribution in [-0.2, 0) is 23.9 Å². The normalized spacial score (nSPS) is 11.9. The van der Waals surface area contributed by atoms with Crippen LogP contribution in [0.25, 0.3) is 0 Å². The molecule has 6 nitrogen and oxygen atoms in total. The smallest absolute Gasteiger partial charge is 0.306 e. The van der Waals surface area contributed by atoms with Crippen LogP contribution in [0.3, 0.4) is 0 Å². The molecule has 0 fully saturated rings. The quantitative estimate of drug-likeness (QED) is 0.0626. The second kappa shape index (κ2) is 31.8. The van der Waals surface area contributed by atoms with Crippen LogP contribution < -0.4 is 0 Å². The maximum Gasteiger partial charge on any atom is 0.306 e. The summed E-state index contributed by atoms with van der Waals surface area (Å²) in [6, 6.07) is 0. The van der Waals surface area contributed by atoms with E-state index in [4.69, 9.17) is 9.47 Å². The van der Waals surface area contributed by atoms with Gasteiger partial charge in [-0.3, -0.25) is 14.4 Å². The van der Waals surface area contributed by atoms with E-state index in [9.17, 15) is 19.5 Å². The molecule has 0 saturated carbocycles. The van der Waals surface area contributed by atoms with Crippen molar-refractivity contribution in [1.29, 1.82) is 0 Å². The molecule has 0 aromatic heterocycles. The Morgan fingerprint density at radius 1 is 0.585 bits per heavy atom. The highest BCUT2D eigenvalue weighted by Gasteiger charge is 2.16. The van der Waals surface area contributed by atoms with Crippen molar-refractivity contribution in [2.24, 2.45) is 0 Å². The summed E-state index contributed by atoms with van der Waals surface area (Å²) in [5, 5.41) is 9.71. The summed E-state index contributed by atoms with van der Waals surface area (Å²) in [5.41, 5.74) is 0. The Hall–Kier alpha value is -1.08. The first-order valence-electron chi connectivity index (χ1n) is 17.1. The van der Waals surface area contributed by atoms with Gasteiger partial charge in [0.25, 0.3) is 0 Å². The van der Waals surface area contributed by atoms with Crippen molar-refractivity contribution >= 4 is 28.8 Å². The maximum absolute atomic E-state index is 12.1. The number of hydrogen-bond acceptors (Lipinski definition) is 7. The van der Waals surface area contributed by atoms with E-state index in [2.05, 4.69) is 6.92 Å². The highest BCUT2D eigenvalue weighted by Crippen LogP contribution is 2.15. The average molecular weight is 601 g/mol. The number of aliphatic hydroxyl groups excluding tert-OH is 1. The summed E-state index contributed by atoms with van der Waals surface area (Å²) in [6.45, 7) is 3.47. The van der Waals surface area contributed by atoms with Crippen molar-refractivity contribution in [2.75, 3.05) is 19.0 Å². The number of unbranched alkanes of at least 4 members (excludes halogenated alkanes) is 21. The van der Waals surface area contributed by atoms with E-state index in [-0.39, 0.29) is 30.3 Å². The van der Waals surface area contributed by atoms with E-state index >= 15 is 0 Å². The fourth-order valence-corrected chi connectivity index (χ4v) is 5.55. The highest BCUT2D eigenvalue weighted by atomic mass is 32.2. The van der Waals surface area contributed by atoms with Gasteiger partial charge in [-0.15, -0.1) is 0 Å². The summed E-state index contributed by atoms with van der Waals surface area (Å²) in [7, 11) is 0. The molecule has 0 rings (SSSR count). The minimum absolute atomic E-state index is 0.0763. The molecule has 1 N–H and O–H groups in total. The summed E-state index contributed by atoms with van der Waals surface area (Å²) >= 11 is 1.43. The van der Waals surface area contributed by atoms with Gasteiger partial charge in [0, 0.05) is 25.5 Å². The Bertz CT molecular complexity index is 612. The van der Waals surface area contributed by atoms with Gasteiger partial charge in [0.2, 0.25) is 0 Å². The van der Waals surface area contributed by atoms with Crippen LogP contribution in [0.15, 0.2) is 0 Å². The van der Waals surface area contributed by atoms with Crippen molar-refractivity contribution < 1.29 is 29.0 Å². The van der Waals surface area contributed by atoms with Crippen LogP contribution in [0.4, 0.5) is 0 Å². The molecule has 0 aromatic rings. The number of esters is 2. The van der Waals surface area contributed by atoms with Gasteiger partial charge in [-0.1, -0.05) is 147 Å². The summed E-state index contributed by atoms with van der Waals surface area (Å²) in [6.07, 6.45) is 27.7. The van der Waals surface area contributed by atoms with Gasteiger partial charge in [0.1, 0.15) is 6.61 Å². The van der Waals surface area contributed by atoms with Gasteiger partial charge in [-0.2, -0.15) is 0 Å². The zero-order chi connectivity index (χ0) is 30.2. The summed E-state index contributed by atoms with van der Waals surface area (Å²) < 4.78 is 10.5. The molecule has 0 spiro atoms. The number of hydrogen-bond donors (Lipinski definition) is 1. The van der Waals surface area contributed by atoms with Crippen molar-refractivity contribution in [3.8, 4) is 0 Å². The molecule has 0 aliphatic carbocycles. The molecule has 0 bridgehead atoms. The van der Waals surface area contributed by atoms with E-state index in [1.54, 1.807) is 6.92 Å². The molecular formula is C34H64O6S. The van der Waals surface area contributed by atoms with E-state index in [0.717, 1.165) is 50.7 Å². The molecule has 0 heterocycles. The lowest BCUT2D eigenvalue weighted by Crippen LogP contribution is -2.28. The Kier molecular flexibility index (Phi) is 31.0. The van der Waals surface area contributed by atoms with Gasteiger partial charge in [-0.25, -0.2) is 0 Å². The number of aliphatic hydroxyl groups is 1. The molecular weight excluding hydrogens is 536 g/mol. The van der Waals surface area contributed by atoms with Crippen molar-refractivity contribution in [1.82, 2.24) is 0 Å². The number of carbonyl (C=O) groups excluding carboxylic acids is 3. The number of thioether (sulfide) groups is 1. The Morgan fingerprint density at radius 3 is 1.39 bits per heavy atom. The van der Waals surface area contributed by atoms with Gasteiger partial charge >= 0.3 is 11.9 Å². The first-order chi connectivity index (χ1) is 20.0. The largest absolute Gasteiger partial charge is 0.462 e. The summed E-state index contributed by atoms with van der Waals surface area (Å²) in [4.78, 5) is 35.0. The highest BCUT2D eigenvalue weighted by molar-refractivity contribution is 8.13. The first kappa shape index (κ1) is 39.9. The van der Waals surface area contributed by atoms with Crippen LogP contribution in [0.1, 0.15) is 174 Å². The molecule has 0 aliphatic heterocycles. The fraction of sp³-hybridized carbons (Fsp3) is 0.912. The Balaban J connectivity index is 3.53. The number of carbonyl (C=O) groups is 3. The van der Waals surface area contributed by atoms with E-state index in [0.29, 0.717) is 12.8 Å². The molecule has 41 heavy (non-hydrogen) atoms. The first-order valence-corrected chi connectivity index (χ1v) is 18.1. The zero-order valence-corrected chi connectivity index (χ0v) is 27.6. The predicted molar refractivity (Wildman–Crippen MR) is 172 cm³/mol. The average Bonchev–Trinajstić information content (AvgIpc) is 2.95. The minimum atomic E-state index is -0.777. The van der Waals surface area contributed by atoms with E-state index in [1.165, 1.54) is 114 Å². The third-order valence-electron chi connectivity index (χ3n) is 7.50. The second-order valence-corrected chi connectivity index (χ2v) is 12.9. The molecule has 0 aromatic carbocycles. The lowest BCUT2D eigenvalue weighted by Gasteiger charge is -2.15. The lowest BCUT2D eigenvalue weighted by molar-refractivity contribution is -0.161. The Morgan fingerprint density at radius 2 is 0.976 bits per heavy atom. The van der Waals surface area contributed by atoms with Crippen molar-refractivity contribution in [3.63, 3.8) is 0 Å². The van der Waals surface area contributed by atoms with E-state index < -0.39 is 6.10 Å². The lowest BCUT2D eigenvalue weighted by atomic mass is 10.0. The van der Waals surface area contributed by atoms with Crippen LogP contribution in [-0.4, -0.2) is 47.2 Å². The second-order valence-electron chi connectivity index (χ2n) is 11.6. The van der Waals surface area contributed by atoms with Gasteiger partial charge in [0.05, 0.1) is 6.61 Å². The number of rotatable bonds is 31. The van der Waals surface area contributed by atoms with Crippen LogP contribution in [0.2, 0.25) is 0 Å². The van der Waals surface area contributed by atoms with Gasteiger partial charge in [0.15, 0.2) is 11.2 Å². The number of ether oxygens (including phenoxy) is 2. The molecule has 0 radical (unpaired) electrons. The molecule has 7 heteroatoms. The third-order valence-corrected chi connectivity index (χ3v) is 8.40. The molecule has 0 unspecified atom stereocenters. The molecule has 1 atom stereocenters. The predicted octanol–water partition coefficient (Wildman–Crippen LogP) is 9.49. The SMILES string of the molecule is CCCCCCCCCCCCCCCC(=O)O[C@H](CO)COC(=O)CCCCCCCCCCCCSC(C)=O. The summed E-state index contributed by atoms with van der Waals surface area (Å²) in [5.74, 6) is 0.331. The van der Waals surface area contributed by atoms with Crippen LogP contribution >= 0.6 is 11.8 Å². The zero-order valence-electron chi connectivity index (χ0n) is 26.8. The van der Waals surface area contributed by atoms with Gasteiger partial charge < -0.3 is 14.6 Å². The van der Waals surface area contributed by atoms with Gasteiger partial charge in [-0.05, 0) is 19.3 Å². The molecule has 0 saturated heterocycles. The minimum Gasteiger partial charge on any atom is -0.462 e. The molecule has 0 amide bonds. The standard InChI is InChI=1S/C34H64O6S/c1-3-4-5-6-7-8-9-10-11-15-18-21-24-27-34(38)40-32(29-35)30-39-33(37)26-23-20-17-14-12-13-16-19-22-25-28-41-31(2)36/h32,35H,3-30H2,1-2H3/t32-/m1/s1. The van der Waals surface area contributed by atoms with Crippen molar-refractivity contribution in [2.45, 2.75) is 180 Å². The molecule has 242 valence electrons. The van der Waals surface area contributed by atoms with Crippen LogP contribution in [0, 0.1) is 0 Å². The molecule has 0 aliphatic rings. The third kappa shape index (κ3) is 31.7. The Labute approximate surface area is 256 Å².